The van der Waals surface area contributed by atoms with Gasteiger partial charge < -0.3 is 28.8 Å². The molecule has 0 radical (unpaired) electrons. The van der Waals surface area contributed by atoms with Crippen LogP contribution in [0.4, 0.5) is 0 Å². The summed E-state index contributed by atoms with van der Waals surface area (Å²) in [5.74, 6) is 1.79. The summed E-state index contributed by atoms with van der Waals surface area (Å²) in [6.07, 6.45) is 3.18. The molecule has 0 saturated heterocycles. The highest BCUT2D eigenvalue weighted by Gasteiger charge is 2.31. The van der Waals surface area contributed by atoms with E-state index in [1.54, 1.807) is 0 Å². The smallest absolute Gasteiger partial charge is 0.147 e. The number of hydrogen-bond acceptors (Lipinski definition) is 4. The molecule has 0 unspecified atom stereocenters. The zero-order valence-corrected chi connectivity index (χ0v) is 34.8. The van der Waals surface area contributed by atoms with Crippen LogP contribution in [-0.2, 0) is 0 Å². The van der Waals surface area contributed by atoms with E-state index in [-0.39, 0.29) is 23.7 Å². The largest absolute Gasteiger partial charge is 0.505 e. The molecule has 1 aliphatic rings. The lowest BCUT2D eigenvalue weighted by Crippen LogP contribution is -2.39. The summed E-state index contributed by atoms with van der Waals surface area (Å²) in [4.78, 5) is 0. The number of aromatic hydroxyl groups is 2. The van der Waals surface area contributed by atoms with Gasteiger partial charge in [-0.1, -0.05) is 109 Å². The second kappa shape index (κ2) is 15.2. The first-order valence-corrected chi connectivity index (χ1v) is 21.6. The lowest BCUT2D eigenvalue weighted by molar-refractivity contribution is 0.0238. The van der Waals surface area contributed by atoms with E-state index in [0.29, 0.717) is 22.6 Å². The third kappa shape index (κ3) is 6.25. The maximum Gasteiger partial charge on any atom is 0.147 e. The molecule has 1 aliphatic carbocycles. The van der Waals surface area contributed by atoms with Gasteiger partial charge in [-0.25, -0.2) is 0 Å². The van der Waals surface area contributed by atoms with Crippen LogP contribution in [0.25, 0.3) is 77.2 Å². The first kappa shape index (κ1) is 37.6. The van der Waals surface area contributed by atoms with Crippen LogP contribution >= 0.6 is 0 Å². The number of para-hydroxylation sites is 6. The fraction of sp³-hybridized carbons (Fsp3) is 0.143. The maximum atomic E-state index is 12.3. The van der Waals surface area contributed by atoms with Gasteiger partial charge in [-0.3, -0.25) is 0 Å². The predicted octanol–water partition coefficient (Wildman–Crippen LogP) is 14.0. The summed E-state index contributed by atoms with van der Waals surface area (Å²) in [6, 6.07) is 57.7. The van der Waals surface area contributed by atoms with Crippen molar-refractivity contribution >= 4 is 43.6 Å². The average Bonchev–Trinajstić information content (AvgIpc) is 3.82. The monoisotopic (exact) mass is 810 g/mol. The minimum atomic E-state index is -0.249. The number of rotatable bonds is 8. The van der Waals surface area contributed by atoms with E-state index in [0.717, 1.165) is 103 Å². The van der Waals surface area contributed by atoms with Gasteiger partial charge in [0.05, 0.1) is 33.4 Å². The number of benzene rings is 8. The lowest BCUT2D eigenvalue weighted by atomic mass is 9.93. The zero-order valence-electron chi connectivity index (χ0n) is 34.8. The van der Waals surface area contributed by atoms with Crippen LogP contribution < -0.4 is 9.47 Å². The second-order valence-electron chi connectivity index (χ2n) is 16.7. The Labute approximate surface area is 360 Å². The third-order valence-electron chi connectivity index (χ3n) is 12.7. The summed E-state index contributed by atoms with van der Waals surface area (Å²) in [6.45, 7) is 4.15. The number of fused-ring (bicyclic) bond motifs is 6. The molecule has 0 spiro atoms. The average molecular weight is 811 g/mol. The van der Waals surface area contributed by atoms with Crippen LogP contribution in [-0.4, -0.2) is 31.6 Å². The molecule has 0 amide bonds. The van der Waals surface area contributed by atoms with Crippen LogP contribution in [0.1, 0.15) is 36.8 Å². The molecular formula is C56H46N2O4. The van der Waals surface area contributed by atoms with Crippen LogP contribution in [0.5, 0.6) is 23.0 Å². The Hall–Kier alpha value is -7.44. The zero-order chi connectivity index (χ0) is 41.9. The molecular weight excluding hydrogens is 765 g/mol. The molecule has 2 N–H and O–H groups in total. The first-order valence-electron chi connectivity index (χ1n) is 21.6. The fourth-order valence-electron chi connectivity index (χ4n) is 9.88. The number of hydrogen-bond donors (Lipinski definition) is 2. The Kier molecular flexibility index (Phi) is 9.23. The first-order chi connectivity index (χ1) is 30.4. The van der Waals surface area contributed by atoms with Crippen molar-refractivity contribution in [3.8, 4) is 56.6 Å². The van der Waals surface area contributed by atoms with Crippen molar-refractivity contribution in [1.29, 1.82) is 0 Å². The van der Waals surface area contributed by atoms with E-state index in [1.165, 1.54) is 0 Å². The molecule has 0 bridgehead atoms. The molecule has 6 nitrogen and oxygen atoms in total. The number of nitrogens with zero attached hydrogens (tertiary/aromatic N) is 2. The van der Waals surface area contributed by atoms with Gasteiger partial charge in [-0.2, -0.15) is 0 Å². The molecule has 2 atom stereocenters. The summed E-state index contributed by atoms with van der Waals surface area (Å²) < 4.78 is 18.4. The fourth-order valence-corrected chi connectivity index (χ4v) is 9.88. The third-order valence-corrected chi connectivity index (χ3v) is 12.7. The van der Waals surface area contributed by atoms with Gasteiger partial charge in [0.1, 0.15) is 35.2 Å². The Balaban J connectivity index is 0.949. The van der Waals surface area contributed by atoms with Gasteiger partial charge in [0.2, 0.25) is 0 Å². The van der Waals surface area contributed by atoms with Crippen molar-refractivity contribution < 1.29 is 19.7 Å². The molecule has 62 heavy (non-hydrogen) atoms. The molecule has 10 aromatic rings. The quantitative estimate of drug-likeness (QED) is 0.160. The van der Waals surface area contributed by atoms with Crippen molar-refractivity contribution in [3.05, 3.63) is 181 Å². The number of phenolic OH excluding ortho intramolecular Hbond substituents is 2. The number of ether oxygens (including phenoxy) is 2. The Bertz CT molecular complexity index is 3010. The van der Waals surface area contributed by atoms with Crippen molar-refractivity contribution in [2.45, 2.75) is 51.7 Å². The summed E-state index contributed by atoms with van der Waals surface area (Å²) in [5.41, 5.74) is 10.7. The molecule has 304 valence electrons. The minimum Gasteiger partial charge on any atom is -0.505 e. The predicted molar refractivity (Wildman–Crippen MR) is 253 cm³/mol. The highest BCUT2D eigenvalue weighted by molar-refractivity contribution is 6.10. The highest BCUT2D eigenvalue weighted by Crippen LogP contribution is 2.46. The molecule has 2 heterocycles. The molecule has 0 aliphatic heterocycles. The molecule has 8 aromatic carbocycles. The van der Waals surface area contributed by atoms with Crippen LogP contribution in [0.3, 0.4) is 0 Å². The van der Waals surface area contributed by atoms with E-state index in [2.05, 4.69) is 108 Å². The molecule has 11 rings (SSSR count). The van der Waals surface area contributed by atoms with Gasteiger partial charge in [-0.15, -0.1) is 0 Å². The van der Waals surface area contributed by atoms with Crippen LogP contribution in [0, 0.1) is 13.8 Å². The number of aryl methyl sites for hydroxylation is 2. The van der Waals surface area contributed by atoms with Gasteiger partial charge in [0.25, 0.3) is 0 Å². The van der Waals surface area contributed by atoms with Crippen LogP contribution in [0.15, 0.2) is 170 Å². The molecule has 2 aromatic heterocycles. The van der Waals surface area contributed by atoms with E-state index < -0.39 is 0 Å². The number of phenols is 2. The second-order valence-corrected chi connectivity index (χ2v) is 16.7. The van der Waals surface area contributed by atoms with Crippen LogP contribution in [0.2, 0.25) is 0 Å². The van der Waals surface area contributed by atoms with E-state index in [1.807, 2.05) is 84.9 Å². The SMILES string of the molecule is Cc1cc(-c2ccccc2O[C@@H]2CCCC[C@H]2Oc2ccccc2-c2cc(C)cc(-n3c4ccccc4c4ccccc43)c2O)c(O)c(-n2c3ccccc3c3ccccc32)c1. The van der Waals surface area contributed by atoms with E-state index >= 15 is 0 Å². The maximum absolute atomic E-state index is 12.3. The lowest BCUT2D eigenvalue weighted by Gasteiger charge is -2.33. The van der Waals surface area contributed by atoms with Crippen molar-refractivity contribution in [2.24, 2.45) is 0 Å². The molecule has 1 saturated carbocycles. The van der Waals surface area contributed by atoms with Gasteiger partial charge in [0, 0.05) is 43.8 Å². The Morgan fingerprint density at radius 3 is 1.10 bits per heavy atom. The van der Waals surface area contributed by atoms with Crippen molar-refractivity contribution in [3.63, 3.8) is 0 Å². The topological polar surface area (TPSA) is 68.8 Å². The van der Waals surface area contributed by atoms with Gasteiger partial charge >= 0.3 is 0 Å². The van der Waals surface area contributed by atoms with E-state index in [9.17, 15) is 10.2 Å². The summed E-state index contributed by atoms with van der Waals surface area (Å²) >= 11 is 0. The number of aromatic nitrogens is 2. The Morgan fingerprint density at radius 2 is 0.726 bits per heavy atom. The molecule has 1 fully saturated rings. The Morgan fingerprint density at radius 1 is 0.403 bits per heavy atom. The minimum absolute atomic E-state index is 0.196. The van der Waals surface area contributed by atoms with Gasteiger partial charge in [0.15, 0.2) is 0 Å². The van der Waals surface area contributed by atoms with Gasteiger partial charge in [-0.05, 0) is 111 Å². The normalized spacial score (nSPS) is 15.5. The molecule has 6 heteroatoms. The summed E-state index contributed by atoms with van der Waals surface area (Å²) in [5, 5.41) is 29.1. The van der Waals surface area contributed by atoms with Crippen molar-refractivity contribution in [2.75, 3.05) is 0 Å². The highest BCUT2D eigenvalue weighted by atomic mass is 16.5. The van der Waals surface area contributed by atoms with Crippen molar-refractivity contribution in [1.82, 2.24) is 9.13 Å². The standard InChI is InChI=1S/C56H46N2O4/c1-35-31-43(55(59)49(33-35)57-45-23-9-3-17-37(45)38-18-4-10-24-46(38)57)41-21-7-13-27-51(41)61-53-29-15-16-30-54(53)62-52-28-14-8-22-42(52)44-32-36(2)34-50(56(44)60)58-47-25-11-5-19-39(47)40-20-6-12-26-48(40)58/h3-14,17-28,31-34,53-54,59-60H,15-16,29-30H2,1-2H3/t53-,54-/m1/s1. The van der Waals surface area contributed by atoms with E-state index in [4.69, 9.17) is 9.47 Å². The summed E-state index contributed by atoms with van der Waals surface area (Å²) in [7, 11) is 0.